The lowest BCUT2D eigenvalue weighted by Crippen LogP contribution is -2.41. The second-order valence-electron chi connectivity index (χ2n) is 9.07. The van der Waals surface area contributed by atoms with Crippen molar-refractivity contribution in [3.63, 3.8) is 0 Å². The van der Waals surface area contributed by atoms with Crippen molar-refractivity contribution in [1.82, 2.24) is 13.7 Å². The third-order valence-electron chi connectivity index (χ3n) is 6.36. The fourth-order valence-electron chi connectivity index (χ4n) is 4.50. The predicted octanol–water partition coefficient (Wildman–Crippen LogP) is 4.74. The quantitative estimate of drug-likeness (QED) is 0.245. The van der Waals surface area contributed by atoms with Crippen LogP contribution in [-0.4, -0.2) is 18.7 Å². The zero-order valence-electron chi connectivity index (χ0n) is 20.3. The van der Waals surface area contributed by atoms with Gasteiger partial charge in [-0.25, -0.2) is 9.18 Å². The van der Waals surface area contributed by atoms with Crippen LogP contribution in [0.15, 0.2) is 56.8 Å². The standard InChI is InChI=1S/C26H23FIN5O3S/c1-13-22-21(23(31(3)24(13)34)30-20-10-7-15(28)11-19(20)27)25(35)33(17-8-9-17)26(36)32(22)18-6-4-5-16(12-18)29-14(2)37/h4-7,10-12,17,30H,8-9H2,1-3H3,(H,29,37). The average Bonchev–Trinajstić information content (AvgIpc) is 3.67. The van der Waals surface area contributed by atoms with Crippen LogP contribution >= 0.6 is 34.8 Å². The van der Waals surface area contributed by atoms with Crippen LogP contribution in [-0.2, 0) is 7.05 Å². The molecular weight excluding hydrogens is 608 g/mol. The van der Waals surface area contributed by atoms with Crippen LogP contribution < -0.4 is 27.4 Å². The largest absolute Gasteiger partial charge is 0.350 e. The average molecular weight is 631 g/mol. The number of fused-ring (bicyclic) bond motifs is 1. The molecule has 0 bridgehead atoms. The first-order chi connectivity index (χ1) is 17.6. The van der Waals surface area contributed by atoms with Gasteiger partial charge < -0.3 is 10.6 Å². The molecule has 0 saturated heterocycles. The highest BCUT2D eigenvalue weighted by Crippen LogP contribution is 2.34. The molecule has 1 fully saturated rings. The molecule has 5 rings (SSSR count). The van der Waals surface area contributed by atoms with Crippen molar-refractivity contribution in [2.45, 2.75) is 32.7 Å². The first-order valence-corrected chi connectivity index (χ1v) is 13.1. The minimum Gasteiger partial charge on any atom is -0.350 e. The summed E-state index contributed by atoms with van der Waals surface area (Å²) >= 11 is 7.17. The molecule has 1 aliphatic carbocycles. The predicted molar refractivity (Wildman–Crippen MR) is 156 cm³/mol. The SMILES string of the molecule is CC(=S)Nc1cccc(-n2c(=O)n(C3CC3)c(=O)c3c(Nc4ccc(I)cc4F)n(C)c(=O)c(C)c32)c1. The van der Waals surface area contributed by atoms with Crippen LogP contribution in [0.2, 0.25) is 0 Å². The fraction of sp³-hybridized carbons (Fsp3) is 0.231. The molecule has 0 atom stereocenters. The highest BCUT2D eigenvalue weighted by atomic mass is 127. The molecular formula is C26H23FIN5O3S. The molecule has 2 aromatic heterocycles. The highest BCUT2D eigenvalue weighted by Gasteiger charge is 2.31. The van der Waals surface area contributed by atoms with Crippen LogP contribution in [0, 0.1) is 16.3 Å². The number of thiocarbonyl (C=S) groups is 1. The molecule has 2 heterocycles. The Balaban J connectivity index is 1.90. The van der Waals surface area contributed by atoms with E-state index in [2.05, 4.69) is 10.6 Å². The Hall–Kier alpha value is -3.32. The number of hydrogen-bond donors (Lipinski definition) is 2. The molecule has 37 heavy (non-hydrogen) atoms. The van der Waals surface area contributed by atoms with E-state index >= 15 is 0 Å². The number of hydrogen-bond acceptors (Lipinski definition) is 5. The Morgan fingerprint density at radius 3 is 2.49 bits per heavy atom. The highest BCUT2D eigenvalue weighted by molar-refractivity contribution is 14.1. The van der Waals surface area contributed by atoms with Gasteiger partial charge in [0.2, 0.25) is 0 Å². The first kappa shape index (κ1) is 25.3. The number of benzene rings is 2. The number of aryl methyl sites for hydroxylation is 1. The minimum atomic E-state index is -0.529. The molecule has 1 aliphatic rings. The minimum absolute atomic E-state index is 0.110. The van der Waals surface area contributed by atoms with Crippen molar-refractivity contribution in [1.29, 1.82) is 0 Å². The van der Waals surface area contributed by atoms with Crippen LogP contribution in [0.1, 0.15) is 31.4 Å². The molecule has 1 saturated carbocycles. The number of nitrogens with one attached hydrogen (secondary N) is 2. The summed E-state index contributed by atoms with van der Waals surface area (Å²) in [4.78, 5) is 41.6. The monoisotopic (exact) mass is 631 g/mol. The molecule has 2 aromatic carbocycles. The molecule has 0 radical (unpaired) electrons. The van der Waals surface area contributed by atoms with E-state index in [1.165, 1.54) is 26.8 Å². The van der Waals surface area contributed by atoms with Crippen LogP contribution in [0.25, 0.3) is 16.6 Å². The van der Waals surface area contributed by atoms with E-state index in [-0.39, 0.29) is 34.0 Å². The molecule has 0 unspecified atom stereocenters. The van der Waals surface area contributed by atoms with E-state index in [0.717, 1.165) is 0 Å². The molecule has 4 aromatic rings. The van der Waals surface area contributed by atoms with E-state index in [0.29, 0.717) is 32.8 Å². The molecule has 11 heteroatoms. The number of pyridine rings is 1. The first-order valence-electron chi connectivity index (χ1n) is 11.6. The van der Waals surface area contributed by atoms with E-state index in [1.54, 1.807) is 44.2 Å². The lowest BCUT2D eigenvalue weighted by atomic mass is 10.1. The number of rotatable bonds is 5. The molecule has 2 N–H and O–H groups in total. The van der Waals surface area contributed by atoms with Gasteiger partial charge in [-0.15, -0.1) is 0 Å². The summed E-state index contributed by atoms with van der Waals surface area (Å²) in [7, 11) is 1.52. The smallest absolute Gasteiger partial charge is 0.336 e. The number of halogens is 2. The second-order valence-corrected chi connectivity index (χ2v) is 10.9. The van der Waals surface area contributed by atoms with Gasteiger partial charge in [-0.3, -0.25) is 23.3 Å². The van der Waals surface area contributed by atoms with Crippen molar-refractivity contribution in [3.8, 4) is 5.69 Å². The maximum atomic E-state index is 14.8. The summed E-state index contributed by atoms with van der Waals surface area (Å²) in [5.74, 6) is -0.416. The summed E-state index contributed by atoms with van der Waals surface area (Å²) in [6.45, 7) is 3.33. The van der Waals surface area contributed by atoms with Crippen LogP contribution in [0.4, 0.5) is 21.6 Å². The van der Waals surface area contributed by atoms with Crippen molar-refractivity contribution in [3.05, 3.63) is 88.6 Å². The Morgan fingerprint density at radius 1 is 1.11 bits per heavy atom. The van der Waals surface area contributed by atoms with Gasteiger partial charge >= 0.3 is 5.69 Å². The van der Waals surface area contributed by atoms with Gasteiger partial charge in [0.05, 0.1) is 21.9 Å². The van der Waals surface area contributed by atoms with Gasteiger partial charge in [-0.1, -0.05) is 18.3 Å². The maximum Gasteiger partial charge on any atom is 0.336 e. The molecule has 0 aliphatic heterocycles. The summed E-state index contributed by atoms with van der Waals surface area (Å²) < 4.78 is 19.4. The summed E-state index contributed by atoms with van der Waals surface area (Å²) in [6.07, 6.45) is 1.40. The molecule has 190 valence electrons. The van der Waals surface area contributed by atoms with Gasteiger partial charge in [0.1, 0.15) is 17.0 Å². The summed E-state index contributed by atoms with van der Waals surface area (Å²) in [5.41, 5.74) is 0.185. The fourth-order valence-corrected chi connectivity index (χ4v) is 5.07. The van der Waals surface area contributed by atoms with E-state index < -0.39 is 22.6 Å². The lowest BCUT2D eigenvalue weighted by Gasteiger charge is -2.21. The Bertz CT molecular complexity index is 1790. The van der Waals surface area contributed by atoms with Crippen LogP contribution in [0.3, 0.4) is 0 Å². The van der Waals surface area contributed by atoms with Gasteiger partial charge in [0, 0.05) is 27.9 Å². The normalized spacial score (nSPS) is 13.1. The van der Waals surface area contributed by atoms with E-state index in [4.69, 9.17) is 12.2 Å². The third-order valence-corrected chi connectivity index (χ3v) is 7.14. The zero-order valence-corrected chi connectivity index (χ0v) is 23.2. The van der Waals surface area contributed by atoms with Crippen molar-refractivity contribution < 1.29 is 4.39 Å². The van der Waals surface area contributed by atoms with Gasteiger partial charge in [0.15, 0.2) is 0 Å². The van der Waals surface area contributed by atoms with Gasteiger partial charge in [0.25, 0.3) is 11.1 Å². The maximum absolute atomic E-state index is 14.8. The number of anilines is 3. The van der Waals surface area contributed by atoms with Crippen LogP contribution in [0.5, 0.6) is 0 Å². The Morgan fingerprint density at radius 2 is 1.84 bits per heavy atom. The van der Waals surface area contributed by atoms with Gasteiger partial charge in [-0.05, 0) is 85.7 Å². The second kappa shape index (κ2) is 9.53. The van der Waals surface area contributed by atoms with Crippen molar-refractivity contribution in [2.75, 3.05) is 10.6 Å². The molecule has 0 spiro atoms. The zero-order chi connectivity index (χ0) is 26.6. The van der Waals surface area contributed by atoms with Crippen molar-refractivity contribution in [2.24, 2.45) is 7.05 Å². The van der Waals surface area contributed by atoms with E-state index in [9.17, 15) is 18.8 Å². The Kier molecular flexibility index (Phi) is 6.52. The summed E-state index contributed by atoms with van der Waals surface area (Å²) in [6, 6.07) is 11.4. The summed E-state index contributed by atoms with van der Waals surface area (Å²) in [5, 5.41) is 6.16. The third kappa shape index (κ3) is 4.50. The lowest BCUT2D eigenvalue weighted by molar-refractivity contribution is 0.630. The Labute approximate surface area is 229 Å². The number of nitrogens with zero attached hydrogens (tertiary/aromatic N) is 3. The van der Waals surface area contributed by atoms with Crippen molar-refractivity contribution >= 4 is 67.9 Å². The topological polar surface area (TPSA) is 90.1 Å². The molecule has 8 nitrogen and oxygen atoms in total. The van der Waals surface area contributed by atoms with Gasteiger partial charge in [-0.2, -0.15) is 0 Å². The molecule has 0 amide bonds. The number of aromatic nitrogens is 3. The van der Waals surface area contributed by atoms with E-state index in [1.807, 2.05) is 28.7 Å².